The number of benzene rings is 1. The van der Waals surface area contributed by atoms with E-state index in [1.807, 2.05) is 38.1 Å². The zero-order chi connectivity index (χ0) is 16.1. The first kappa shape index (κ1) is 16.0. The highest BCUT2D eigenvalue weighted by molar-refractivity contribution is 6.00. The lowest BCUT2D eigenvalue weighted by atomic mass is 10.1. The van der Waals surface area contributed by atoms with Gasteiger partial charge in [-0.25, -0.2) is 0 Å². The molecule has 1 aliphatic heterocycles. The van der Waals surface area contributed by atoms with Crippen molar-refractivity contribution in [2.45, 2.75) is 20.3 Å². The van der Waals surface area contributed by atoms with E-state index in [1.54, 1.807) is 4.90 Å². The van der Waals surface area contributed by atoms with Crippen molar-refractivity contribution in [3.05, 3.63) is 29.8 Å². The largest absolute Gasteiger partial charge is 0.355 e. The molecule has 0 saturated carbocycles. The van der Waals surface area contributed by atoms with Crippen LogP contribution in [0.2, 0.25) is 0 Å². The van der Waals surface area contributed by atoms with Crippen LogP contribution in [0.15, 0.2) is 24.3 Å². The van der Waals surface area contributed by atoms with Crippen molar-refractivity contribution in [1.29, 1.82) is 0 Å². The van der Waals surface area contributed by atoms with Crippen LogP contribution >= 0.6 is 0 Å². The van der Waals surface area contributed by atoms with Crippen LogP contribution in [0.4, 0.5) is 5.69 Å². The number of nitrogens with zero attached hydrogens (tertiary/aromatic N) is 1. The van der Waals surface area contributed by atoms with E-state index in [4.69, 9.17) is 0 Å². The topological polar surface area (TPSA) is 78.5 Å². The van der Waals surface area contributed by atoms with E-state index in [-0.39, 0.29) is 30.7 Å². The minimum Gasteiger partial charge on any atom is -0.355 e. The quantitative estimate of drug-likeness (QED) is 0.836. The maximum absolute atomic E-state index is 12.1. The zero-order valence-electron chi connectivity index (χ0n) is 12.9. The summed E-state index contributed by atoms with van der Waals surface area (Å²) >= 11 is 0. The molecule has 1 aromatic carbocycles. The Bertz CT molecular complexity index is 569. The SMILES string of the molecule is CCNC(=O)CNC(=O)[C@H]1CC(=O)N(c2ccc(C)cc2)C1. The van der Waals surface area contributed by atoms with Crippen molar-refractivity contribution in [2.75, 3.05) is 24.5 Å². The molecule has 2 rings (SSSR count). The molecule has 1 aliphatic rings. The van der Waals surface area contributed by atoms with Crippen molar-refractivity contribution in [3.8, 4) is 0 Å². The minimum atomic E-state index is -0.414. The number of hydrogen-bond donors (Lipinski definition) is 2. The van der Waals surface area contributed by atoms with Crippen LogP contribution in [0, 0.1) is 12.8 Å². The van der Waals surface area contributed by atoms with Gasteiger partial charge in [-0.15, -0.1) is 0 Å². The number of amides is 3. The average Bonchev–Trinajstić information content (AvgIpc) is 2.88. The highest BCUT2D eigenvalue weighted by Gasteiger charge is 2.35. The molecule has 6 nitrogen and oxygen atoms in total. The molecule has 3 amide bonds. The predicted molar refractivity (Wildman–Crippen MR) is 83.3 cm³/mol. The molecule has 0 unspecified atom stereocenters. The highest BCUT2D eigenvalue weighted by atomic mass is 16.2. The summed E-state index contributed by atoms with van der Waals surface area (Å²) < 4.78 is 0. The second-order valence-corrected chi connectivity index (χ2v) is 5.41. The Morgan fingerprint density at radius 3 is 2.55 bits per heavy atom. The molecule has 1 heterocycles. The Balaban J connectivity index is 1.92. The van der Waals surface area contributed by atoms with Gasteiger partial charge in [0, 0.05) is 25.2 Å². The Labute approximate surface area is 129 Å². The molecule has 0 aromatic heterocycles. The lowest BCUT2D eigenvalue weighted by molar-refractivity contribution is -0.128. The number of carbonyl (C=O) groups excluding carboxylic acids is 3. The lowest BCUT2D eigenvalue weighted by Crippen LogP contribution is -2.40. The molecule has 1 fully saturated rings. The number of hydrogen-bond acceptors (Lipinski definition) is 3. The van der Waals surface area contributed by atoms with Gasteiger partial charge in [-0.2, -0.15) is 0 Å². The van der Waals surface area contributed by atoms with Gasteiger partial charge in [0.25, 0.3) is 0 Å². The summed E-state index contributed by atoms with van der Waals surface area (Å²) in [5, 5.41) is 5.19. The zero-order valence-corrected chi connectivity index (χ0v) is 12.9. The Morgan fingerprint density at radius 2 is 1.91 bits per heavy atom. The molecule has 1 aromatic rings. The lowest BCUT2D eigenvalue weighted by Gasteiger charge is -2.17. The fourth-order valence-corrected chi connectivity index (χ4v) is 2.43. The van der Waals surface area contributed by atoms with Crippen molar-refractivity contribution in [1.82, 2.24) is 10.6 Å². The minimum absolute atomic E-state index is 0.0537. The summed E-state index contributed by atoms with van der Waals surface area (Å²) in [5.74, 6) is -0.963. The number of rotatable bonds is 5. The fourth-order valence-electron chi connectivity index (χ4n) is 2.43. The molecular formula is C16H21N3O3. The molecule has 2 N–H and O–H groups in total. The Kier molecular flexibility index (Phi) is 5.14. The van der Waals surface area contributed by atoms with Crippen molar-refractivity contribution < 1.29 is 14.4 Å². The smallest absolute Gasteiger partial charge is 0.239 e. The average molecular weight is 303 g/mol. The number of nitrogens with one attached hydrogen (secondary N) is 2. The fraction of sp³-hybridized carbons (Fsp3) is 0.438. The van der Waals surface area contributed by atoms with Crippen molar-refractivity contribution in [3.63, 3.8) is 0 Å². The summed E-state index contributed by atoms with van der Waals surface area (Å²) in [7, 11) is 0. The van der Waals surface area contributed by atoms with Crippen LogP contribution in [-0.4, -0.2) is 37.4 Å². The Morgan fingerprint density at radius 1 is 1.23 bits per heavy atom. The molecule has 1 atom stereocenters. The molecule has 0 radical (unpaired) electrons. The van der Waals surface area contributed by atoms with Gasteiger partial charge in [-0.1, -0.05) is 17.7 Å². The summed E-state index contributed by atoms with van der Waals surface area (Å²) in [6, 6.07) is 7.63. The second-order valence-electron chi connectivity index (χ2n) is 5.41. The monoisotopic (exact) mass is 303 g/mol. The number of anilines is 1. The molecule has 22 heavy (non-hydrogen) atoms. The maximum Gasteiger partial charge on any atom is 0.239 e. The van der Waals surface area contributed by atoms with Gasteiger partial charge in [-0.05, 0) is 26.0 Å². The number of likely N-dealkylation sites (N-methyl/N-ethyl adjacent to an activating group) is 1. The van der Waals surface area contributed by atoms with Gasteiger partial charge in [-0.3, -0.25) is 14.4 Å². The molecule has 118 valence electrons. The summed E-state index contributed by atoms with van der Waals surface area (Å²) in [6.07, 6.45) is 0.176. The molecule has 1 saturated heterocycles. The van der Waals surface area contributed by atoms with Gasteiger partial charge < -0.3 is 15.5 Å². The predicted octanol–water partition coefficient (Wildman–Crippen LogP) is 0.600. The van der Waals surface area contributed by atoms with Crippen LogP contribution in [0.5, 0.6) is 0 Å². The van der Waals surface area contributed by atoms with E-state index in [0.29, 0.717) is 13.1 Å². The first-order chi connectivity index (χ1) is 10.5. The van der Waals surface area contributed by atoms with Crippen LogP contribution in [0.1, 0.15) is 18.9 Å². The van der Waals surface area contributed by atoms with Gasteiger partial charge in [0.2, 0.25) is 17.7 Å². The highest BCUT2D eigenvalue weighted by Crippen LogP contribution is 2.25. The number of carbonyl (C=O) groups is 3. The summed E-state index contributed by atoms with van der Waals surface area (Å²) in [5.41, 5.74) is 1.92. The van der Waals surface area contributed by atoms with E-state index < -0.39 is 5.92 Å². The first-order valence-corrected chi connectivity index (χ1v) is 7.42. The maximum atomic E-state index is 12.1. The molecular weight excluding hydrogens is 282 g/mol. The molecule has 0 aliphatic carbocycles. The van der Waals surface area contributed by atoms with Crippen molar-refractivity contribution in [2.24, 2.45) is 5.92 Å². The van der Waals surface area contributed by atoms with E-state index in [0.717, 1.165) is 11.3 Å². The van der Waals surface area contributed by atoms with Crippen LogP contribution in [0.3, 0.4) is 0 Å². The molecule has 0 spiro atoms. The van der Waals surface area contributed by atoms with Crippen LogP contribution in [0.25, 0.3) is 0 Å². The Hall–Kier alpha value is -2.37. The van der Waals surface area contributed by atoms with Gasteiger partial charge >= 0.3 is 0 Å². The third-order valence-corrected chi connectivity index (χ3v) is 3.64. The van der Waals surface area contributed by atoms with E-state index in [2.05, 4.69) is 10.6 Å². The number of aryl methyl sites for hydroxylation is 1. The van der Waals surface area contributed by atoms with E-state index >= 15 is 0 Å². The molecule has 0 bridgehead atoms. The van der Waals surface area contributed by atoms with E-state index in [1.165, 1.54) is 0 Å². The van der Waals surface area contributed by atoms with E-state index in [9.17, 15) is 14.4 Å². The van der Waals surface area contributed by atoms with Gasteiger partial charge in [0.15, 0.2) is 0 Å². The van der Waals surface area contributed by atoms with Gasteiger partial charge in [0.1, 0.15) is 0 Å². The second kappa shape index (κ2) is 7.06. The third-order valence-electron chi connectivity index (χ3n) is 3.64. The summed E-state index contributed by atoms with van der Waals surface area (Å²) in [6.45, 7) is 4.62. The third kappa shape index (κ3) is 3.84. The van der Waals surface area contributed by atoms with Crippen LogP contribution in [-0.2, 0) is 14.4 Å². The van der Waals surface area contributed by atoms with Gasteiger partial charge in [0.05, 0.1) is 12.5 Å². The van der Waals surface area contributed by atoms with Crippen molar-refractivity contribution >= 4 is 23.4 Å². The standard InChI is InChI=1S/C16H21N3O3/c1-3-17-14(20)9-18-16(22)12-8-15(21)19(10-12)13-6-4-11(2)5-7-13/h4-7,12H,3,8-10H2,1-2H3,(H,17,20)(H,18,22)/t12-/m0/s1. The molecule has 6 heteroatoms. The normalized spacial score (nSPS) is 17.5. The first-order valence-electron chi connectivity index (χ1n) is 7.42. The van der Waals surface area contributed by atoms with Crippen LogP contribution < -0.4 is 15.5 Å². The summed E-state index contributed by atoms with van der Waals surface area (Å²) in [4.78, 5) is 37.1.